The third kappa shape index (κ3) is 14.6. The van der Waals surface area contributed by atoms with Gasteiger partial charge in [0.15, 0.2) is 16.6 Å². The highest BCUT2D eigenvalue weighted by atomic mass is 28.4. The van der Waals surface area contributed by atoms with Crippen LogP contribution in [0.25, 0.3) is 0 Å². The summed E-state index contributed by atoms with van der Waals surface area (Å²) >= 11 is 0. The average molecular weight is 805 g/mol. The SMILES string of the molecule is COc1ccc(COCC[C@H](O[Si](C)(C)C(C)(C)C)[C@@H](C)[C@H](OC)C(C)(C)C(=O)[C@@H](C)[C@H](O)[C@H](C)[C@H](O[Si](C)(C)C(C)(C)C)/C(C)=C/[C@@H](C)C=C(C)C)cc1. The second kappa shape index (κ2) is 20.9. The van der Waals surface area contributed by atoms with Gasteiger partial charge in [0.25, 0.3) is 0 Å². The normalized spacial score (nSPS) is 18.1. The lowest BCUT2D eigenvalue weighted by Gasteiger charge is -2.46. The fourth-order valence-electron chi connectivity index (χ4n) is 7.17. The summed E-state index contributed by atoms with van der Waals surface area (Å²) in [6.45, 7) is 41.9. The zero-order valence-corrected chi connectivity index (χ0v) is 41.1. The Morgan fingerprint density at radius 2 is 1.29 bits per heavy atom. The molecular formula is C46H84O7Si2. The maximum atomic E-state index is 14.7. The summed E-state index contributed by atoms with van der Waals surface area (Å²) in [7, 11) is -1.10. The van der Waals surface area contributed by atoms with Crippen molar-refractivity contribution in [1.29, 1.82) is 0 Å². The molecule has 0 aliphatic carbocycles. The molecule has 0 aliphatic heterocycles. The first kappa shape index (κ1) is 51.4. The van der Waals surface area contributed by atoms with E-state index in [4.69, 9.17) is 23.1 Å². The molecule has 8 atom stereocenters. The summed E-state index contributed by atoms with van der Waals surface area (Å²) in [6.07, 6.45) is 3.21. The van der Waals surface area contributed by atoms with Crippen LogP contribution in [-0.4, -0.2) is 72.8 Å². The highest BCUT2D eigenvalue weighted by molar-refractivity contribution is 6.74. The van der Waals surface area contributed by atoms with Crippen LogP contribution in [0.3, 0.4) is 0 Å². The molecular weight excluding hydrogens is 721 g/mol. The van der Waals surface area contributed by atoms with Crippen molar-refractivity contribution in [2.45, 2.75) is 178 Å². The Morgan fingerprint density at radius 1 is 0.782 bits per heavy atom. The van der Waals surface area contributed by atoms with Gasteiger partial charge in [-0.15, -0.1) is 0 Å². The second-order valence-corrected chi connectivity index (χ2v) is 29.7. The predicted octanol–water partition coefficient (Wildman–Crippen LogP) is 11.8. The lowest BCUT2D eigenvalue weighted by Crippen LogP contribution is -2.54. The molecule has 0 saturated carbocycles. The van der Waals surface area contributed by atoms with Gasteiger partial charge in [-0.1, -0.05) is 113 Å². The van der Waals surface area contributed by atoms with E-state index in [1.165, 1.54) is 5.57 Å². The van der Waals surface area contributed by atoms with E-state index in [9.17, 15) is 9.90 Å². The van der Waals surface area contributed by atoms with Crippen LogP contribution < -0.4 is 4.74 Å². The lowest BCUT2D eigenvalue weighted by atomic mass is 9.69. The van der Waals surface area contributed by atoms with Crippen molar-refractivity contribution in [3.05, 3.63) is 53.1 Å². The molecule has 0 bridgehead atoms. The highest BCUT2D eigenvalue weighted by Gasteiger charge is 2.49. The Bertz CT molecular complexity index is 1380. The van der Waals surface area contributed by atoms with Crippen molar-refractivity contribution in [3.63, 3.8) is 0 Å². The van der Waals surface area contributed by atoms with Crippen LogP contribution in [0, 0.1) is 29.1 Å². The molecule has 0 spiro atoms. The number of methoxy groups -OCH3 is 2. The molecule has 1 aromatic carbocycles. The summed E-state index contributed by atoms with van der Waals surface area (Å²) < 4.78 is 32.0. The van der Waals surface area contributed by atoms with Gasteiger partial charge >= 0.3 is 0 Å². The van der Waals surface area contributed by atoms with Gasteiger partial charge in [0.05, 0.1) is 43.5 Å². The first-order valence-electron chi connectivity index (χ1n) is 20.6. The fraction of sp³-hybridized carbons (Fsp3) is 0.761. The van der Waals surface area contributed by atoms with Gasteiger partial charge in [-0.3, -0.25) is 4.79 Å². The number of ketones is 1. The molecule has 318 valence electrons. The highest BCUT2D eigenvalue weighted by Crippen LogP contribution is 2.43. The number of carbonyl (C=O) groups excluding carboxylic acids is 1. The number of Topliss-reactive ketones (excluding diaryl/α,β-unsaturated/α-hetero) is 1. The van der Waals surface area contributed by atoms with Crippen molar-refractivity contribution in [2.75, 3.05) is 20.8 Å². The summed E-state index contributed by atoms with van der Waals surface area (Å²) in [6, 6.07) is 7.91. The summed E-state index contributed by atoms with van der Waals surface area (Å²) in [5, 5.41) is 12.1. The topological polar surface area (TPSA) is 83.5 Å². The van der Waals surface area contributed by atoms with Gasteiger partial charge in [-0.2, -0.15) is 0 Å². The number of hydrogen-bond donors (Lipinski definition) is 1. The predicted molar refractivity (Wildman–Crippen MR) is 237 cm³/mol. The molecule has 55 heavy (non-hydrogen) atoms. The third-order valence-corrected chi connectivity index (χ3v) is 21.6. The molecule has 0 aromatic heterocycles. The first-order chi connectivity index (χ1) is 24.9. The quantitative estimate of drug-likeness (QED) is 0.0710. The van der Waals surface area contributed by atoms with E-state index in [0.29, 0.717) is 19.6 Å². The maximum Gasteiger partial charge on any atom is 0.192 e. The van der Waals surface area contributed by atoms with Gasteiger partial charge in [0.2, 0.25) is 0 Å². The minimum absolute atomic E-state index is 0.00333. The molecule has 1 aromatic rings. The van der Waals surface area contributed by atoms with Crippen molar-refractivity contribution in [3.8, 4) is 5.75 Å². The van der Waals surface area contributed by atoms with E-state index in [2.05, 4.69) is 115 Å². The van der Waals surface area contributed by atoms with E-state index < -0.39 is 40.2 Å². The Morgan fingerprint density at radius 3 is 1.75 bits per heavy atom. The van der Waals surface area contributed by atoms with Crippen molar-refractivity contribution < 1.29 is 33.0 Å². The molecule has 0 amide bonds. The smallest absolute Gasteiger partial charge is 0.192 e. The number of ether oxygens (including phenoxy) is 3. The number of allylic oxidation sites excluding steroid dienone is 3. The zero-order chi connectivity index (χ0) is 42.9. The molecule has 0 unspecified atom stereocenters. The first-order valence-corrected chi connectivity index (χ1v) is 26.4. The lowest BCUT2D eigenvalue weighted by molar-refractivity contribution is -0.149. The van der Waals surface area contributed by atoms with E-state index in [0.717, 1.165) is 16.9 Å². The van der Waals surface area contributed by atoms with Crippen LogP contribution in [0.15, 0.2) is 47.6 Å². The van der Waals surface area contributed by atoms with Gasteiger partial charge in [-0.05, 0) is 92.6 Å². The number of carbonyl (C=O) groups is 1. The van der Waals surface area contributed by atoms with E-state index >= 15 is 0 Å². The molecule has 1 rings (SSSR count). The van der Waals surface area contributed by atoms with Gasteiger partial charge in [0.1, 0.15) is 11.5 Å². The zero-order valence-electron chi connectivity index (χ0n) is 39.1. The molecule has 0 heterocycles. The average Bonchev–Trinajstić information content (AvgIpc) is 3.05. The summed E-state index contributed by atoms with van der Waals surface area (Å²) in [5.74, 6) is -0.114. The summed E-state index contributed by atoms with van der Waals surface area (Å²) in [4.78, 5) is 14.7. The van der Waals surface area contributed by atoms with Gasteiger partial charge in [-0.25, -0.2) is 0 Å². The van der Waals surface area contributed by atoms with Crippen LogP contribution in [0.4, 0.5) is 0 Å². The second-order valence-electron chi connectivity index (χ2n) is 20.2. The standard InChI is InChI=1S/C46H84O7Si2/c1-31(2)28-32(3)29-33(4)41(53-55(20,21)45(11,12)13)35(6)40(47)36(7)42(48)46(14,15)43(50-17)34(5)39(52-54(18,19)44(8,9)10)26-27-51-30-37-22-24-38(49-16)25-23-37/h22-25,28-29,32,34-36,39-41,43,47H,26-27,30H2,1-21H3/b33-29+/t32-,34+,35-,36-,39-,40+,41+,43-/m0/s1. The Hall–Kier alpha value is -1.60. The third-order valence-electron chi connectivity index (χ3n) is 12.6. The Labute approximate surface area is 340 Å². The van der Waals surface area contributed by atoms with Crippen LogP contribution in [-0.2, 0) is 29.7 Å². The summed E-state index contributed by atoms with van der Waals surface area (Å²) in [5.41, 5.74) is 2.49. The van der Waals surface area contributed by atoms with E-state index in [1.807, 2.05) is 52.0 Å². The minimum atomic E-state index is -2.24. The van der Waals surface area contributed by atoms with E-state index in [-0.39, 0.29) is 45.8 Å². The molecule has 1 N–H and O–H groups in total. The van der Waals surface area contributed by atoms with Gasteiger partial charge in [0, 0.05) is 31.5 Å². The number of rotatable bonds is 22. The van der Waals surface area contributed by atoms with Crippen molar-refractivity contribution >= 4 is 22.4 Å². The van der Waals surface area contributed by atoms with Crippen molar-refractivity contribution in [1.82, 2.24) is 0 Å². The minimum Gasteiger partial charge on any atom is -0.497 e. The van der Waals surface area contributed by atoms with Crippen LogP contribution in [0.5, 0.6) is 5.75 Å². The molecule has 0 radical (unpaired) electrons. The molecule has 0 saturated heterocycles. The number of benzene rings is 1. The largest absolute Gasteiger partial charge is 0.497 e. The monoisotopic (exact) mass is 805 g/mol. The number of aliphatic hydroxyl groups is 1. The Balaban J connectivity index is 3.45. The Kier molecular flexibility index (Phi) is 19.5. The van der Waals surface area contributed by atoms with Crippen molar-refractivity contribution in [2.24, 2.45) is 29.1 Å². The van der Waals surface area contributed by atoms with Crippen LogP contribution in [0.2, 0.25) is 36.3 Å². The number of aliphatic hydroxyl groups excluding tert-OH is 1. The molecule has 0 aliphatic rings. The molecule has 0 fully saturated rings. The fourth-order valence-corrected chi connectivity index (χ4v) is 10.00. The van der Waals surface area contributed by atoms with E-state index in [1.54, 1.807) is 14.2 Å². The number of hydrogen-bond acceptors (Lipinski definition) is 7. The van der Waals surface area contributed by atoms with Crippen LogP contribution in [0.1, 0.15) is 116 Å². The van der Waals surface area contributed by atoms with Crippen LogP contribution >= 0.6 is 0 Å². The molecule has 9 heteroatoms. The maximum absolute atomic E-state index is 14.7. The molecule has 7 nitrogen and oxygen atoms in total. The van der Waals surface area contributed by atoms with Gasteiger partial charge < -0.3 is 28.2 Å².